The Morgan fingerprint density at radius 2 is 1.85 bits per heavy atom. The average molecular weight is 436 g/mol. The van der Waals surface area contributed by atoms with E-state index in [1.807, 2.05) is 30.3 Å². The van der Waals surface area contributed by atoms with Crippen LogP contribution in [0, 0.1) is 0 Å². The fourth-order valence-corrected chi connectivity index (χ4v) is 3.01. The molecule has 1 unspecified atom stereocenters. The molecule has 0 fully saturated rings. The molecule has 0 spiro atoms. The van der Waals surface area contributed by atoms with Gasteiger partial charge in [0, 0.05) is 11.0 Å². The van der Waals surface area contributed by atoms with Gasteiger partial charge in [0.25, 0.3) is 0 Å². The van der Waals surface area contributed by atoms with Gasteiger partial charge in [0.05, 0.1) is 26.7 Å². The fraction of sp³-hybridized carbons (Fsp3) is 0.263. The summed E-state index contributed by atoms with van der Waals surface area (Å²) in [6.45, 7) is 0.320. The molecule has 0 bridgehead atoms. The molecule has 0 aliphatic carbocycles. The van der Waals surface area contributed by atoms with E-state index in [0.717, 1.165) is 15.6 Å². The summed E-state index contributed by atoms with van der Waals surface area (Å²) in [6.07, 6.45) is 0.0622. The number of methoxy groups -OCH3 is 2. The second-order valence-electron chi connectivity index (χ2n) is 5.79. The third-order valence-electron chi connectivity index (χ3n) is 3.89. The summed E-state index contributed by atoms with van der Waals surface area (Å²) in [6, 6.07) is 11.6. The fourth-order valence-electron chi connectivity index (χ4n) is 2.60. The average Bonchev–Trinajstić information content (AvgIpc) is 2.65. The van der Waals surface area contributed by atoms with Crippen molar-refractivity contribution in [3.05, 3.63) is 58.1 Å². The van der Waals surface area contributed by atoms with Crippen LogP contribution < -0.4 is 25.8 Å². The molecular formula is C19H22BrN3O4. The number of hydrogen-bond donors (Lipinski definition) is 3. The molecule has 0 aliphatic rings. The molecule has 0 aromatic heterocycles. The second kappa shape index (κ2) is 9.82. The van der Waals surface area contributed by atoms with Gasteiger partial charge in [-0.2, -0.15) is 0 Å². The van der Waals surface area contributed by atoms with Gasteiger partial charge in [0.1, 0.15) is 0 Å². The van der Waals surface area contributed by atoms with Gasteiger partial charge in [-0.15, -0.1) is 0 Å². The number of rotatable bonds is 8. The molecule has 27 heavy (non-hydrogen) atoms. The van der Waals surface area contributed by atoms with E-state index in [1.54, 1.807) is 26.4 Å². The number of hydrogen-bond acceptors (Lipinski definition) is 4. The number of primary amides is 1. The molecule has 2 aromatic carbocycles. The van der Waals surface area contributed by atoms with Crippen LogP contribution in [0.25, 0.3) is 0 Å². The van der Waals surface area contributed by atoms with Crippen molar-refractivity contribution >= 4 is 27.9 Å². The van der Waals surface area contributed by atoms with E-state index < -0.39 is 12.1 Å². The first-order valence-electron chi connectivity index (χ1n) is 8.22. The van der Waals surface area contributed by atoms with Crippen LogP contribution in [-0.4, -0.2) is 26.2 Å². The van der Waals surface area contributed by atoms with Crippen LogP contribution in [0.2, 0.25) is 0 Å². The highest BCUT2D eigenvalue weighted by molar-refractivity contribution is 9.10. The summed E-state index contributed by atoms with van der Waals surface area (Å²) in [5.41, 5.74) is 6.90. The molecule has 4 N–H and O–H groups in total. The summed E-state index contributed by atoms with van der Waals surface area (Å²) in [4.78, 5) is 23.7. The van der Waals surface area contributed by atoms with Gasteiger partial charge in [-0.25, -0.2) is 4.79 Å². The highest BCUT2D eigenvalue weighted by atomic mass is 79.9. The lowest BCUT2D eigenvalue weighted by molar-refractivity contribution is -0.121. The van der Waals surface area contributed by atoms with Crippen molar-refractivity contribution in [2.45, 2.75) is 19.0 Å². The van der Waals surface area contributed by atoms with Gasteiger partial charge in [-0.3, -0.25) is 4.79 Å². The van der Waals surface area contributed by atoms with Gasteiger partial charge in [-0.1, -0.05) is 34.1 Å². The Bertz CT molecular complexity index is 813. The maximum absolute atomic E-state index is 12.4. The van der Waals surface area contributed by atoms with Crippen molar-refractivity contribution in [2.24, 2.45) is 5.73 Å². The minimum Gasteiger partial charge on any atom is -0.493 e. The van der Waals surface area contributed by atoms with Crippen molar-refractivity contribution in [2.75, 3.05) is 14.2 Å². The maximum atomic E-state index is 12.4. The lowest BCUT2D eigenvalue weighted by Gasteiger charge is -2.18. The van der Waals surface area contributed by atoms with Crippen molar-refractivity contribution < 1.29 is 19.1 Å². The number of carbonyl (C=O) groups excluding carboxylic acids is 2. The lowest BCUT2D eigenvalue weighted by atomic mass is 10.0. The first kappa shape index (κ1) is 20.6. The predicted molar refractivity (Wildman–Crippen MR) is 106 cm³/mol. The Morgan fingerprint density at radius 1 is 1.11 bits per heavy atom. The number of urea groups is 1. The molecular weight excluding hydrogens is 414 g/mol. The van der Waals surface area contributed by atoms with Gasteiger partial charge in [0.15, 0.2) is 11.5 Å². The summed E-state index contributed by atoms with van der Waals surface area (Å²) < 4.78 is 11.3. The van der Waals surface area contributed by atoms with Crippen LogP contribution in [0.3, 0.4) is 0 Å². The Hall–Kier alpha value is -2.74. The van der Waals surface area contributed by atoms with Crippen LogP contribution in [0.1, 0.15) is 23.6 Å². The first-order valence-corrected chi connectivity index (χ1v) is 9.01. The lowest BCUT2D eigenvalue weighted by Crippen LogP contribution is -2.36. The smallest absolute Gasteiger partial charge is 0.312 e. The zero-order valence-electron chi connectivity index (χ0n) is 15.1. The van der Waals surface area contributed by atoms with Crippen molar-refractivity contribution in [1.82, 2.24) is 10.6 Å². The summed E-state index contributed by atoms with van der Waals surface area (Å²) in [7, 11) is 3.12. The summed E-state index contributed by atoms with van der Waals surface area (Å²) in [5.74, 6) is 0.989. The summed E-state index contributed by atoms with van der Waals surface area (Å²) >= 11 is 3.38. The Morgan fingerprint density at radius 3 is 2.48 bits per heavy atom. The number of ether oxygens (including phenoxy) is 2. The third kappa shape index (κ3) is 6.18. The Balaban J connectivity index is 2.02. The SMILES string of the molecule is COc1ccc(CNC(=O)CC(NC(N)=O)c2cccc(Br)c2)cc1OC. The van der Waals surface area contributed by atoms with E-state index in [4.69, 9.17) is 15.2 Å². The zero-order valence-corrected chi connectivity index (χ0v) is 16.7. The minimum atomic E-state index is -0.687. The number of amides is 3. The molecule has 7 nitrogen and oxygen atoms in total. The second-order valence-corrected chi connectivity index (χ2v) is 6.70. The van der Waals surface area contributed by atoms with Gasteiger partial charge >= 0.3 is 6.03 Å². The van der Waals surface area contributed by atoms with Crippen LogP contribution in [0.5, 0.6) is 11.5 Å². The van der Waals surface area contributed by atoms with Crippen molar-refractivity contribution in [3.63, 3.8) is 0 Å². The van der Waals surface area contributed by atoms with E-state index in [2.05, 4.69) is 26.6 Å². The molecule has 2 rings (SSSR count). The third-order valence-corrected chi connectivity index (χ3v) is 4.39. The largest absolute Gasteiger partial charge is 0.493 e. The minimum absolute atomic E-state index is 0.0622. The molecule has 3 amide bonds. The molecule has 0 saturated carbocycles. The van der Waals surface area contributed by atoms with Crippen molar-refractivity contribution in [1.29, 1.82) is 0 Å². The molecule has 0 saturated heterocycles. The Kier molecular flexibility index (Phi) is 7.48. The maximum Gasteiger partial charge on any atom is 0.312 e. The van der Waals surface area contributed by atoms with Crippen LogP contribution in [0.15, 0.2) is 46.9 Å². The number of benzene rings is 2. The molecule has 1 atom stereocenters. The highest BCUT2D eigenvalue weighted by Gasteiger charge is 2.18. The quantitative estimate of drug-likeness (QED) is 0.592. The number of halogens is 1. The molecule has 2 aromatic rings. The van der Waals surface area contributed by atoms with E-state index in [9.17, 15) is 9.59 Å². The van der Waals surface area contributed by atoms with Crippen LogP contribution >= 0.6 is 15.9 Å². The first-order chi connectivity index (χ1) is 12.9. The Labute approximate surface area is 166 Å². The predicted octanol–water partition coefficient (Wildman–Crippen LogP) is 2.88. The molecule has 8 heteroatoms. The number of carbonyl (C=O) groups is 2. The molecule has 0 radical (unpaired) electrons. The van der Waals surface area contributed by atoms with E-state index >= 15 is 0 Å². The van der Waals surface area contributed by atoms with Crippen LogP contribution in [-0.2, 0) is 11.3 Å². The van der Waals surface area contributed by atoms with E-state index in [-0.39, 0.29) is 12.3 Å². The summed E-state index contributed by atoms with van der Waals surface area (Å²) in [5, 5.41) is 5.44. The van der Waals surface area contributed by atoms with Crippen molar-refractivity contribution in [3.8, 4) is 11.5 Å². The van der Waals surface area contributed by atoms with E-state index in [1.165, 1.54) is 0 Å². The van der Waals surface area contributed by atoms with Crippen LogP contribution in [0.4, 0.5) is 4.79 Å². The van der Waals surface area contributed by atoms with Gasteiger partial charge in [-0.05, 0) is 35.4 Å². The van der Waals surface area contributed by atoms with Gasteiger partial charge < -0.3 is 25.8 Å². The molecule has 0 heterocycles. The number of nitrogens with two attached hydrogens (primary N) is 1. The molecule has 0 aliphatic heterocycles. The monoisotopic (exact) mass is 435 g/mol. The normalized spacial score (nSPS) is 11.4. The molecule has 144 valence electrons. The standard InChI is InChI=1S/C19H22BrN3O4/c1-26-16-7-6-12(8-17(16)27-2)11-22-18(24)10-15(23-19(21)25)13-4-3-5-14(20)9-13/h3-9,15H,10-11H2,1-2H3,(H,22,24)(H3,21,23,25). The zero-order chi connectivity index (χ0) is 19.8. The topological polar surface area (TPSA) is 103 Å². The van der Waals surface area contributed by atoms with Gasteiger partial charge in [0.2, 0.25) is 5.91 Å². The highest BCUT2D eigenvalue weighted by Crippen LogP contribution is 2.27. The van der Waals surface area contributed by atoms with E-state index in [0.29, 0.717) is 18.0 Å². The number of nitrogens with one attached hydrogen (secondary N) is 2.